The van der Waals surface area contributed by atoms with Crippen molar-refractivity contribution in [2.45, 2.75) is 25.2 Å². The molecule has 28 heavy (non-hydrogen) atoms. The van der Waals surface area contributed by atoms with Crippen molar-refractivity contribution in [3.63, 3.8) is 0 Å². The highest BCUT2D eigenvalue weighted by atomic mass is 19.4. The van der Waals surface area contributed by atoms with Gasteiger partial charge in [0.05, 0.1) is 0 Å². The molecule has 1 aliphatic heterocycles. The number of likely N-dealkylation sites (tertiary alicyclic amines) is 1. The summed E-state index contributed by atoms with van der Waals surface area (Å²) in [4.78, 5) is 14.8. The van der Waals surface area contributed by atoms with Crippen LogP contribution in [-0.2, 0) is 7.05 Å². The number of phenols is 1. The summed E-state index contributed by atoms with van der Waals surface area (Å²) in [5, 5.41) is 21.1. The standard InChI is InChI=1S/C17H20F3N5O3/c1-24-7-3-4-10(9-24)21-16-23-22-14(15(27)25(16)2)12-6-5-11(8-13(12)26)28-17(18,19)20/h5-6,8,10,26H,3-4,7,9H2,1-2H3,(H,21,23)/t10-/m1/s1. The van der Waals surface area contributed by atoms with Gasteiger partial charge < -0.3 is 20.1 Å². The zero-order chi connectivity index (χ0) is 20.5. The fraction of sp³-hybridized carbons (Fsp3) is 0.471. The lowest BCUT2D eigenvalue weighted by Crippen LogP contribution is -2.41. The van der Waals surface area contributed by atoms with Crippen LogP contribution in [0.1, 0.15) is 12.8 Å². The van der Waals surface area contributed by atoms with Crippen molar-refractivity contribution in [3.8, 4) is 22.8 Å². The molecule has 1 saturated heterocycles. The third kappa shape index (κ3) is 4.53. The number of hydrogen-bond acceptors (Lipinski definition) is 7. The molecule has 1 fully saturated rings. The predicted octanol–water partition coefficient (Wildman–Crippen LogP) is 1.95. The number of hydrogen-bond donors (Lipinski definition) is 2. The second-order valence-corrected chi connectivity index (χ2v) is 6.71. The quantitative estimate of drug-likeness (QED) is 0.812. The SMILES string of the molecule is CN1CCC[C@@H](Nc2nnc(-c3ccc(OC(F)(F)F)cc3O)c(=O)n2C)C1. The first-order valence-electron chi connectivity index (χ1n) is 8.62. The number of aromatic hydroxyl groups is 1. The molecule has 1 aromatic heterocycles. The maximum atomic E-state index is 12.6. The van der Waals surface area contributed by atoms with E-state index in [1.165, 1.54) is 11.6 Å². The number of benzene rings is 1. The highest BCUT2D eigenvalue weighted by Crippen LogP contribution is 2.32. The van der Waals surface area contributed by atoms with E-state index in [0.717, 1.165) is 44.1 Å². The number of ether oxygens (including phenoxy) is 1. The summed E-state index contributed by atoms with van der Waals surface area (Å²) in [7, 11) is 3.52. The van der Waals surface area contributed by atoms with Gasteiger partial charge in [0.25, 0.3) is 5.56 Å². The van der Waals surface area contributed by atoms with Crippen LogP contribution in [0.4, 0.5) is 19.1 Å². The maximum Gasteiger partial charge on any atom is 0.573 e. The minimum Gasteiger partial charge on any atom is -0.507 e. The van der Waals surface area contributed by atoms with E-state index in [0.29, 0.717) is 0 Å². The van der Waals surface area contributed by atoms with Crippen LogP contribution in [-0.4, -0.2) is 57.3 Å². The second-order valence-electron chi connectivity index (χ2n) is 6.71. The Hall–Kier alpha value is -2.82. The van der Waals surface area contributed by atoms with E-state index in [1.807, 2.05) is 7.05 Å². The lowest BCUT2D eigenvalue weighted by molar-refractivity contribution is -0.274. The molecule has 0 spiro atoms. The Morgan fingerprint density at radius 3 is 2.68 bits per heavy atom. The fourth-order valence-corrected chi connectivity index (χ4v) is 3.13. The number of nitrogens with zero attached hydrogens (tertiary/aromatic N) is 4. The highest BCUT2D eigenvalue weighted by Gasteiger charge is 2.31. The molecule has 0 aliphatic carbocycles. The van der Waals surface area contributed by atoms with Gasteiger partial charge in [0, 0.05) is 31.3 Å². The van der Waals surface area contributed by atoms with E-state index in [1.54, 1.807) is 0 Å². The van der Waals surface area contributed by atoms with Gasteiger partial charge in [-0.15, -0.1) is 23.4 Å². The van der Waals surface area contributed by atoms with E-state index in [2.05, 4.69) is 25.2 Å². The molecule has 0 amide bonds. The molecule has 0 radical (unpaired) electrons. The number of aromatic nitrogens is 3. The third-order valence-electron chi connectivity index (χ3n) is 4.49. The first-order chi connectivity index (χ1) is 13.1. The van der Waals surface area contributed by atoms with Crippen LogP contribution in [0.2, 0.25) is 0 Å². The van der Waals surface area contributed by atoms with E-state index in [4.69, 9.17) is 0 Å². The molecule has 2 N–H and O–H groups in total. The normalized spacial score (nSPS) is 18.1. The van der Waals surface area contributed by atoms with Crippen LogP contribution >= 0.6 is 0 Å². The molecule has 2 aromatic rings. The summed E-state index contributed by atoms with van der Waals surface area (Å²) in [5.74, 6) is -0.883. The zero-order valence-electron chi connectivity index (χ0n) is 15.3. The first-order valence-corrected chi connectivity index (χ1v) is 8.62. The van der Waals surface area contributed by atoms with Gasteiger partial charge in [-0.1, -0.05) is 0 Å². The number of likely N-dealkylation sites (N-methyl/N-ethyl adjacent to an activating group) is 1. The van der Waals surface area contributed by atoms with Crippen molar-refractivity contribution in [1.82, 2.24) is 19.7 Å². The smallest absolute Gasteiger partial charge is 0.507 e. The summed E-state index contributed by atoms with van der Waals surface area (Å²) in [6.45, 7) is 1.81. The van der Waals surface area contributed by atoms with Gasteiger partial charge in [-0.25, -0.2) is 0 Å². The largest absolute Gasteiger partial charge is 0.573 e. The summed E-state index contributed by atoms with van der Waals surface area (Å²) in [6.07, 6.45) is -2.93. The Bertz CT molecular complexity index is 916. The number of alkyl halides is 3. The van der Waals surface area contributed by atoms with Gasteiger partial charge in [0.2, 0.25) is 5.95 Å². The molecule has 0 bridgehead atoms. The number of nitrogens with one attached hydrogen (secondary N) is 1. The second kappa shape index (κ2) is 7.66. The van der Waals surface area contributed by atoms with Crippen molar-refractivity contribution in [2.75, 3.05) is 25.5 Å². The Balaban J connectivity index is 1.85. The van der Waals surface area contributed by atoms with Crippen LogP contribution in [0, 0.1) is 0 Å². The summed E-state index contributed by atoms with van der Waals surface area (Å²) >= 11 is 0. The number of anilines is 1. The van der Waals surface area contributed by atoms with Gasteiger partial charge in [0.1, 0.15) is 11.5 Å². The van der Waals surface area contributed by atoms with E-state index < -0.39 is 23.4 Å². The van der Waals surface area contributed by atoms with Gasteiger partial charge in [0.15, 0.2) is 5.69 Å². The molecule has 8 nitrogen and oxygen atoms in total. The van der Waals surface area contributed by atoms with Crippen molar-refractivity contribution >= 4 is 5.95 Å². The summed E-state index contributed by atoms with van der Waals surface area (Å²) < 4.78 is 41.9. The molecule has 3 rings (SSSR count). The summed E-state index contributed by atoms with van der Waals surface area (Å²) in [6, 6.07) is 3.02. The Morgan fingerprint density at radius 1 is 1.29 bits per heavy atom. The third-order valence-corrected chi connectivity index (χ3v) is 4.49. The number of phenolic OH excluding ortho intramolecular Hbond substituents is 1. The topological polar surface area (TPSA) is 92.5 Å². The lowest BCUT2D eigenvalue weighted by Gasteiger charge is -2.30. The minimum absolute atomic E-state index is 0.0356. The number of piperidine rings is 1. The predicted molar refractivity (Wildman–Crippen MR) is 95.2 cm³/mol. The van der Waals surface area contributed by atoms with E-state index >= 15 is 0 Å². The molecule has 1 aromatic carbocycles. The first kappa shape index (κ1) is 19.9. The summed E-state index contributed by atoms with van der Waals surface area (Å²) in [5.41, 5.74) is -0.752. The maximum absolute atomic E-state index is 12.6. The Morgan fingerprint density at radius 2 is 2.04 bits per heavy atom. The van der Waals surface area contributed by atoms with Crippen LogP contribution in [0.5, 0.6) is 11.5 Å². The molecule has 152 valence electrons. The molecular weight excluding hydrogens is 379 g/mol. The molecule has 11 heteroatoms. The average Bonchev–Trinajstić information content (AvgIpc) is 2.59. The van der Waals surface area contributed by atoms with E-state index in [9.17, 15) is 23.1 Å². The van der Waals surface area contributed by atoms with Crippen LogP contribution in [0.3, 0.4) is 0 Å². The molecule has 0 unspecified atom stereocenters. The van der Waals surface area contributed by atoms with Crippen LogP contribution in [0.15, 0.2) is 23.0 Å². The molecule has 1 aliphatic rings. The van der Waals surface area contributed by atoms with Gasteiger partial charge in [-0.3, -0.25) is 9.36 Å². The van der Waals surface area contributed by atoms with Gasteiger partial charge in [-0.05, 0) is 38.6 Å². The zero-order valence-corrected chi connectivity index (χ0v) is 15.3. The Labute approximate surface area is 158 Å². The molecule has 0 saturated carbocycles. The monoisotopic (exact) mass is 399 g/mol. The number of halogens is 3. The van der Waals surface area contributed by atoms with Gasteiger partial charge >= 0.3 is 6.36 Å². The van der Waals surface area contributed by atoms with Crippen molar-refractivity contribution in [3.05, 3.63) is 28.6 Å². The molecule has 2 heterocycles. The van der Waals surface area contributed by atoms with Crippen molar-refractivity contribution < 1.29 is 23.0 Å². The van der Waals surface area contributed by atoms with Crippen LogP contribution in [0.25, 0.3) is 11.3 Å². The average molecular weight is 399 g/mol. The van der Waals surface area contributed by atoms with Crippen molar-refractivity contribution in [1.29, 1.82) is 0 Å². The Kier molecular flexibility index (Phi) is 5.45. The number of rotatable bonds is 4. The fourth-order valence-electron chi connectivity index (χ4n) is 3.13. The van der Waals surface area contributed by atoms with E-state index in [-0.39, 0.29) is 23.2 Å². The molecule has 1 atom stereocenters. The lowest BCUT2D eigenvalue weighted by atomic mass is 10.1. The van der Waals surface area contributed by atoms with Gasteiger partial charge in [-0.2, -0.15) is 0 Å². The minimum atomic E-state index is -4.88. The molecular formula is C17H20F3N5O3. The van der Waals surface area contributed by atoms with Crippen molar-refractivity contribution in [2.24, 2.45) is 7.05 Å². The van der Waals surface area contributed by atoms with Crippen LogP contribution < -0.4 is 15.6 Å². The highest BCUT2D eigenvalue weighted by molar-refractivity contribution is 5.67.